The molecule has 0 aromatic carbocycles. The van der Waals surface area contributed by atoms with Gasteiger partial charge in [0.2, 0.25) is 0 Å². The maximum absolute atomic E-state index is 10.8. The molecule has 102 valence electrons. The molecule has 0 atom stereocenters. The molecule has 2 N–H and O–H groups in total. The first kappa shape index (κ1) is 13.5. The maximum atomic E-state index is 10.8. The predicted octanol–water partition coefficient (Wildman–Crippen LogP) is 1.43. The molecule has 2 rings (SSSR count). The molecule has 1 aliphatic rings. The molecule has 5 nitrogen and oxygen atoms in total. The summed E-state index contributed by atoms with van der Waals surface area (Å²) < 4.78 is 1.85. The van der Waals surface area contributed by atoms with Gasteiger partial charge in [-0.15, -0.1) is 5.10 Å². The van der Waals surface area contributed by atoms with Crippen LogP contribution in [0, 0.1) is 0 Å². The normalized spacial score (nSPS) is 28.5. The fraction of sp³-hybridized carbons (Fsp3) is 0.846. The molecule has 0 radical (unpaired) electrons. The second-order valence-electron chi connectivity index (χ2n) is 5.21. The van der Waals surface area contributed by atoms with Gasteiger partial charge >= 0.3 is 0 Å². The van der Waals surface area contributed by atoms with Crippen molar-refractivity contribution in [3.05, 3.63) is 11.9 Å². The van der Waals surface area contributed by atoms with Gasteiger partial charge in [0.15, 0.2) is 0 Å². The van der Waals surface area contributed by atoms with Crippen molar-refractivity contribution in [3.8, 4) is 0 Å². The summed E-state index contributed by atoms with van der Waals surface area (Å²) in [7, 11) is 0. The zero-order chi connectivity index (χ0) is 13.0. The number of aliphatic hydroxyl groups is 1. The van der Waals surface area contributed by atoms with Crippen LogP contribution < -0.4 is 5.32 Å². The summed E-state index contributed by atoms with van der Waals surface area (Å²) in [6.45, 7) is 6.06. The van der Waals surface area contributed by atoms with Crippen LogP contribution in [0.15, 0.2) is 6.20 Å². The molecule has 1 aliphatic carbocycles. The molecule has 0 aliphatic heterocycles. The van der Waals surface area contributed by atoms with Crippen LogP contribution in [-0.2, 0) is 12.1 Å². The first-order valence-electron chi connectivity index (χ1n) is 7.04. The minimum Gasteiger partial charge on any atom is -0.384 e. The minimum atomic E-state index is -0.732. The summed E-state index contributed by atoms with van der Waals surface area (Å²) in [6.07, 6.45) is 6.35. The quantitative estimate of drug-likeness (QED) is 0.832. The van der Waals surface area contributed by atoms with Gasteiger partial charge in [0.1, 0.15) is 5.60 Å². The van der Waals surface area contributed by atoms with Gasteiger partial charge in [0, 0.05) is 12.6 Å². The number of hydrogen-bond acceptors (Lipinski definition) is 4. The third kappa shape index (κ3) is 2.72. The van der Waals surface area contributed by atoms with Crippen molar-refractivity contribution in [1.29, 1.82) is 0 Å². The Bertz CT molecular complexity index is 369. The van der Waals surface area contributed by atoms with E-state index in [1.807, 2.05) is 4.68 Å². The van der Waals surface area contributed by atoms with Crippen molar-refractivity contribution < 1.29 is 5.11 Å². The highest BCUT2D eigenvalue weighted by Gasteiger charge is 2.37. The number of rotatable bonds is 5. The number of aromatic nitrogens is 3. The lowest BCUT2D eigenvalue weighted by Gasteiger charge is -2.36. The molecule has 0 bridgehead atoms. The Morgan fingerprint density at radius 3 is 2.78 bits per heavy atom. The second kappa shape index (κ2) is 5.80. The first-order chi connectivity index (χ1) is 8.69. The van der Waals surface area contributed by atoms with Crippen LogP contribution in [0.4, 0.5) is 0 Å². The smallest absolute Gasteiger partial charge is 0.108 e. The van der Waals surface area contributed by atoms with Crippen LogP contribution in [0.1, 0.15) is 51.6 Å². The van der Waals surface area contributed by atoms with Gasteiger partial charge in [-0.1, -0.05) is 19.1 Å². The third-order valence-electron chi connectivity index (χ3n) is 3.84. The molecule has 1 aromatic heterocycles. The van der Waals surface area contributed by atoms with Gasteiger partial charge in [0.25, 0.3) is 0 Å². The van der Waals surface area contributed by atoms with E-state index >= 15 is 0 Å². The van der Waals surface area contributed by atoms with Crippen LogP contribution in [0.2, 0.25) is 0 Å². The van der Waals surface area contributed by atoms with E-state index in [0.29, 0.717) is 6.04 Å². The topological polar surface area (TPSA) is 63.0 Å². The van der Waals surface area contributed by atoms with Crippen LogP contribution >= 0.6 is 0 Å². The average molecular weight is 252 g/mol. The number of nitrogens with zero attached hydrogens (tertiary/aromatic N) is 3. The van der Waals surface area contributed by atoms with Gasteiger partial charge in [-0.3, -0.25) is 0 Å². The van der Waals surface area contributed by atoms with Gasteiger partial charge in [0.05, 0.1) is 11.9 Å². The van der Waals surface area contributed by atoms with Gasteiger partial charge in [-0.2, -0.15) is 0 Å². The van der Waals surface area contributed by atoms with Crippen molar-refractivity contribution >= 4 is 0 Å². The van der Waals surface area contributed by atoms with Crippen molar-refractivity contribution in [3.63, 3.8) is 0 Å². The molecule has 0 amide bonds. The van der Waals surface area contributed by atoms with E-state index in [1.165, 1.54) is 0 Å². The Hall–Kier alpha value is -0.940. The molecule has 1 saturated carbocycles. The Kier molecular flexibility index (Phi) is 4.35. The average Bonchev–Trinajstić information content (AvgIpc) is 2.82. The van der Waals surface area contributed by atoms with Crippen molar-refractivity contribution in [1.82, 2.24) is 20.3 Å². The fourth-order valence-electron chi connectivity index (χ4n) is 2.84. The summed E-state index contributed by atoms with van der Waals surface area (Å²) in [5, 5.41) is 22.3. The molecular weight excluding hydrogens is 228 g/mol. The van der Waals surface area contributed by atoms with E-state index in [0.717, 1.165) is 50.9 Å². The first-order valence-corrected chi connectivity index (χ1v) is 7.04. The van der Waals surface area contributed by atoms with Gasteiger partial charge < -0.3 is 10.4 Å². The highest BCUT2D eigenvalue weighted by molar-refractivity contribution is 5.10. The van der Waals surface area contributed by atoms with E-state index in [4.69, 9.17) is 0 Å². The number of nitrogens with one attached hydrogen (secondary N) is 1. The standard InChI is InChI=1S/C13H24N4O/c1-3-9-17-12(10-15-16-17)13(18)7-5-11(6-8-13)14-4-2/h10-11,14,18H,3-9H2,1-2H3. The lowest BCUT2D eigenvalue weighted by molar-refractivity contribution is -0.0160. The Morgan fingerprint density at radius 1 is 1.44 bits per heavy atom. The monoisotopic (exact) mass is 252 g/mol. The fourth-order valence-corrected chi connectivity index (χ4v) is 2.84. The van der Waals surface area contributed by atoms with Gasteiger partial charge in [-0.25, -0.2) is 4.68 Å². The molecule has 1 heterocycles. The molecule has 5 heteroatoms. The SMILES string of the molecule is CCCn1nncc1C1(O)CCC(NCC)CC1. The molecule has 18 heavy (non-hydrogen) atoms. The van der Waals surface area contributed by atoms with E-state index in [-0.39, 0.29) is 0 Å². The largest absolute Gasteiger partial charge is 0.384 e. The summed E-state index contributed by atoms with van der Waals surface area (Å²) in [6, 6.07) is 0.547. The zero-order valence-electron chi connectivity index (χ0n) is 11.4. The zero-order valence-corrected chi connectivity index (χ0v) is 11.4. The molecular formula is C13H24N4O. The van der Waals surface area contributed by atoms with E-state index in [2.05, 4.69) is 29.5 Å². The number of aryl methyl sites for hydroxylation is 1. The van der Waals surface area contributed by atoms with E-state index in [9.17, 15) is 5.11 Å². The Balaban J connectivity index is 2.06. The summed E-state index contributed by atoms with van der Waals surface area (Å²) in [5.74, 6) is 0. The molecule has 0 unspecified atom stereocenters. The predicted molar refractivity (Wildman–Crippen MR) is 70.1 cm³/mol. The third-order valence-corrected chi connectivity index (χ3v) is 3.84. The van der Waals surface area contributed by atoms with Crippen molar-refractivity contribution in [2.75, 3.05) is 6.54 Å². The van der Waals surface area contributed by atoms with E-state index in [1.54, 1.807) is 6.20 Å². The van der Waals surface area contributed by atoms with Gasteiger partial charge in [-0.05, 0) is 38.6 Å². The summed E-state index contributed by atoms with van der Waals surface area (Å²) in [5.41, 5.74) is 0.157. The van der Waals surface area contributed by atoms with Crippen LogP contribution in [-0.4, -0.2) is 32.7 Å². The Morgan fingerprint density at radius 2 is 2.17 bits per heavy atom. The lowest BCUT2D eigenvalue weighted by atomic mass is 9.80. The molecule has 0 saturated heterocycles. The van der Waals surface area contributed by atoms with Crippen LogP contribution in [0.5, 0.6) is 0 Å². The van der Waals surface area contributed by atoms with E-state index < -0.39 is 5.60 Å². The Labute approximate surface area is 109 Å². The number of hydrogen-bond donors (Lipinski definition) is 2. The molecule has 0 spiro atoms. The highest BCUT2D eigenvalue weighted by atomic mass is 16.3. The second-order valence-corrected chi connectivity index (χ2v) is 5.21. The van der Waals surface area contributed by atoms with Crippen molar-refractivity contribution in [2.24, 2.45) is 0 Å². The molecule has 1 aromatic rings. The lowest BCUT2D eigenvalue weighted by Crippen LogP contribution is -2.40. The minimum absolute atomic E-state index is 0.547. The maximum Gasteiger partial charge on any atom is 0.108 e. The van der Waals surface area contributed by atoms with Crippen LogP contribution in [0.25, 0.3) is 0 Å². The van der Waals surface area contributed by atoms with Crippen molar-refractivity contribution in [2.45, 2.75) is 64.1 Å². The summed E-state index contributed by atoms with van der Waals surface area (Å²) in [4.78, 5) is 0. The summed E-state index contributed by atoms with van der Waals surface area (Å²) >= 11 is 0. The van der Waals surface area contributed by atoms with Crippen LogP contribution in [0.3, 0.4) is 0 Å². The molecule has 1 fully saturated rings. The highest BCUT2D eigenvalue weighted by Crippen LogP contribution is 2.36.